The van der Waals surface area contributed by atoms with Crippen LogP contribution in [0, 0.1) is 5.92 Å². The van der Waals surface area contributed by atoms with Crippen molar-refractivity contribution in [2.45, 2.75) is 70.2 Å². The number of hydrogen-bond acceptors (Lipinski definition) is 6. The molecule has 3 N–H and O–H groups in total. The van der Waals surface area contributed by atoms with Crippen LogP contribution >= 0.6 is 0 Å². The Kier molecular flexibility index (Phi) is 8.93. The average molecular weight is 497 g/mol. The first-order valence-electron chi connectivity index (χ1n) is 12.4. The molecule has 0 amide bonds. The van der Waals surface area contributed by atoms with Crippen LogP contribution in [0.25, 0.3) is 11.1 Å². The van der Waals surface area contributed by atoms with Crippen molar-refractivity contribution >= 4 is 11.9 Å². The summed E-state index contributed by atoms with van der Waals surface area (Å²) < 4.78 is 11.6. The summed E-state index contributed by atoms with van der Waals surface area (Å²) in [6.07, 6.45) is 1.43. The number of aliphatic hydroxyl groups excluding tert-OH is 2. The van der Waals surface area contributed by atoms with Crippen LogP contribution in [-0.4, -0.2) is 51.2 Å². The summed E-state index contributed by atoms with van der Waals surface area (Å²) in [7, 11) is 0. The summed E-state index contributed by atoms with van der Waals surface area (Å²) in [4.78, 5) is 25.1. The third kappa shape index (κ3) is 6.53. The molecule has 7 nitrogen and oxygen atoms in total. The first-order chi connectivity index (χ1) is 17.1. The van der Waals surface area contributed by atoms with E-state index >= 15 is 0 Å². The Morgan fingerprint density at radius 1 is 1.06 bits per heavy atom. The molecule has 2 aromatic carbocycles. The lowest BCUT2D eigenvalue weighted by Gasteiger charge is -2.36. The van der Waals surface area contributed by atoms with Gasteiger partial charge in [0.15, 0.2) is 5.60 Å². The number of carboxylic acids is 1. The van der Waals surface area contributed by atoms with E-state index in [0.29, 0.717) is 13.0 Å². The van der Waals surface area contributed by atoms with E-state index in [-0.39, 0.29) is 24.2 Å². The highest BCUT2D eigenvalue weighted by Gasteiger charge is 2.56. The van der Waals surface area contributed by atoms with Gasteiger partial charge >= 0.3 is 11.9 Å². The molecule has 3 rings (SSSR count). The Balaban J connectivity index is 1.89. The van der Waals surface area contributed by atoms with E-state index in [2.05, 4.69) is 0 Å². The minimum absolute atomic E-state index is 0.105. The molecule has 0 unspecified atom stereocenters. The van der Waals surface area contributed by atoms with Crippen LogP contribution in [0.5, 0.6) is 0 Å². The van der Waals surface area contributed by atoms with Gasteiger partial charge in [-0.3, -0.25) is 4.79 Å². The van der Waals surface area contributed by atoms with Gasteiger partial charge in [0.05, 0.1) is 35.4 Å². The second-order valence-corrected chi connectivity index (χ2v) is 9.95. The molecule has 36 heavy (non-hydrogen) atoms. The minimum atomic E-state index is -1.79. The van der Waals surface area contributed by atoms with Gasteiger partial charge in [0.1, 0.15) is 0 Å². The van der Waals surface area contributed by atoms with Crippen LogP contribution in [0.3, 0.4) is 0 Å². The Bertz CT molecular complexity index is 1080. The molecule has 1 aliphatic rings. The van der Waals surface area contributed by atoms with Gasteiger partial charge in [-0.2, -0.15) is 0 Å². The predicted molar refractivity (Wildman–Crippen MR) is 137 cm³/mol. The van der Waals surface area contributed by atoms with Crippen LogP contribution in [0.15, 0.2) is 66.4 Å². The van der Waals surface area contributed by atoms with Crippen molar-refractivity contribution in [3.8, 4) is 11.1 Å². The number of ether oxygens (including phenoxy) is 2. The Morgan fingerprint density at radius 3 is 2.42 bits per heavy atom. The molecule has 194 valence electrons. The summed E-state index contributed by atoms with van der Waals surface area (Å²) in [5, 5.41) is 31.5. The van der Waals surface area contributed by atoms with Crippen molar-refractivity contribution in [3.05, 3.63) is 72.0 Å². The number of benzene rings is 2. The van der Waals surface area contributed by atoms with Crippen LogP contribution < -0.4 is 0 Å². The van der Waals surface area contributed by atoms with Gasteiger partial charge in [-0.25, -0.2) is 4.79 Å². The van der Waals surface area contributed by atoms with Gasteiger partial charge in [0, 0.05) is 6.61 Å². The topological polar surface area (TPSA) is 113 Å². The molecule has 0 heterocycles. The van der Waals surface area contributed by atoms with Gasteiger partial charge in [0.25, 0.3) is 0 Å². The molecule has 3 atom stereocenters. The normalized spacial score (nSPS) is 22.4. The maximum absolute atomic E-state index is 13.3. The Morgan fingerprint density at radius 2 is 1.75 bits per heavy atom. The zero-order valence-corrected chi connectivity index (χ0v) is 21.1. The zero-order chi connectivity index (χ0) is 26.3. The number of aliphatic carboxylic acids is 1. The van der Waals surface area contributed by atoms with E-state index in [9.17, 15) is 24.9 Å². The Hall–Kier alpha value is -3.16. The van der Waals surface area contributed by atoms with Crippen molar-refractivity contribution in [3.63, 3.8) is 0 Å². The molecule has 0 aliphatic heterocycles. The van der Waals surface area contributed by atoms with Crippen LogP contribution in [-0.2, 0) is 14.3 Å². The summed E-state index contributed by atoms with van der Waals surface area (Å²) in [6, 6.07) is 16.4. The summed E-state index contributed by atoms with van der Waals surface area (Å²) >= 11 is 0. The summed E-state index contributed by atoms with van der Waals surface area (Å²) in [5.74, 6) is -2.94. The highest BCUT2D eigenvalue weighted by Crippen LogP contribution is 2.45. The quantitative estimate of drug-likeness (QED) is 0.277. The molecule has 0 bridgehead atoms. The fraction of sp³-hybridized carbons (Fsp3) is 0.448. The number of carbonyl (C=O) groups is 2. The van der Waals surface area contributed by atoms with E-state index in [0.717, 1.165) is 17.5 Å². The molecule has 1 fully saturated rings. The van der Waals surface area contributed by atoms with E-state index in [4.69, 9.17) is 9.47 Å². The van der Waals surface area contributed by atoms with Gasteiger partial charge in [0.2, 0.25) is 0 Å². The largest absolute Gasteiger partial charge is 0.512 e. The summed E-state index contributed by atoms with van der Waals surface area (Å²) in [6.45, 7) is 6.39. The smallest absolute Gasteiger partial charge is 0.338 e. The van der Waals surface area contributed by atoms with E-state index in [1.54, 1.807) is 24.3 Å². The molecular weight excluding hydrogens is 460 g/mol. The second-order valence-electron chi connectivity index (χ2n) is 9.95. The van der Waals surface area contributed by atoms with Crippen LogP contribution in [0.2, 0.25) is 0 Å². The number of hydrogen-bond donors (Lipinski definition) is 3. The number of carbonyl (C=O) groups excluding carboxylic acids is 1. The van der Waals surface area contributed by atoms with Crippen molar-refractivity contribution in [1.29, 1.82) is 0 Å². The lowest BCUT2D eigenvalue weighted by molar-refractivity contribution is -0.151. The average Bonchev–Trinajstić information content (AvgIpc) is 3.16. The van der Waals surface area contributed by atoms with Crippen molar-refractivity contribution in [1.82, 2.24) is 0 Å². The highest BCUT2D eigenvalue weighted by atomic mass is 16.6. The van der Waals surface area contributed by atoms with Gasteiger partial charge in [-0.15, -0.1) is 0 Å². The fourth-order valence-electron chi connectivity index (χ4n) is 4.71. The maximum Gasteiger partial charge on any atom is 0.338 e. The SMILES string of the molecule is CCCOC(C)(C)CC=C(O)[C@@H]1CC[C@@H](O)[C@]1(CC(=O)O)OC(=O)c1cccc(-c2ccccc2)c1. The molecule has 0 spiro atoms. The number of rotatable bonds is 11. The standard InChI is InChI=1S/C29H36O7/c1-4-17-35-28(2,3)16-15-24(30)23-13-14-25(31)29(23,19-26(32)33)36-27(34)22-12-8-11-21(18-22)20-9-6-5-7-10-20/h5-12,15,18,23,25,30-31H,4,13-14,16-17,19H2,1-3H3,(H,32,33)/t23-,25+,29+/m0/s1. The molecule has 1 aliphatic carbocycles. The zero-order valence-electron chi connectivity index (χ0n) is 21.1. The third-order valence-corrected chi connectivity index (χ3v) is 6.66. The van der Waals surface area contributed by atoms with Crippen LogP contribution in [0.4, 0.5) is 0 Å². The molecule has 2 aromatic rings. The lowest BCUT2D eigenvalue weighted by Crippen LogP contribution is -2.49. The molecule has 0 radical (unpaired) electrons. The number of carboxylic acid groups (broad SMARTS) is 1. The predicted octanol–water partition coefficient (Wildman–Crippen LogP) is 5.53. The second kappa shape index (κ2) is 11.7. The first kappa shape index (κ1) is 27.4. The highest BCUT2D eigenvalue weighted by molar-refractivity contribution is 5.91. The van der Waals surface area contributed by atoms with Gasteiger partial charge in [-0.1, -0.05) is 49.4 Å². The Labute approximate surface area is 212 Å². The van der Waals surface area contributed by atoms with E-state index < -0.39 is 41.6 Å². The lowest BCUT2D eigenvalue weighted by atomic mass is 9.83. The van der Waals surface area contributed by atoms with Gasteiger partial charge in [-0.05, 0) is 68.9 Å². The molecule has 1 saturated carbocycles. The molecular formula is C29H36O7. The van der Waals surface area contributed by atoms with Crippen molar-refractivity contribution < 1.29 is 34.4 Å². The fourth-order valence-corrected chi connectivity index (χ4v) is 4.71. The monoisotopic (exact) mass is 496 g/mol. The molecule has 0 saturated heterocycles. The van der Waals surface area contributed by atoms with Crippen LogP contribution in [0.1, 0.15) is 63.2 Å². The van der Waals surface area contributed by atoms with E-state index in [1.807, 2.05) is 57.2 Å². The van der Waals surface area contributed by atoms with Crippen molar-refractivity contribution in [2.75, 3.05) is 6.61 Å². The van der Waals surface area contributed by atoms with Crippen molar-refractivity contribution in [2.24, 2.45) is 5.92 Å². The van der Waals surface area contributed by atoms with E-state index in [1.165, 1.54) is 0 Å². The molecule has 7 heteroatoms. The summed E-state index contributed by atoms with van der Waals surface area (Å²) in [5.41, 5.74) is -0.375. The first-order valence-corrected chi connectivity index (χ1v) is 12.4. The number of esters is 1. The van der Waals surface area contributed by atoms with Gasteiger partial charge < -0.3 is 24.8 Å². The minimum Gasteiger partial charge on any atom is -0.512 e. The molecule has 0 aromatic heterocycles. The number of aliphatic hydroxyl groups is 2. The third-order valence-electron chi connectivity index (χ3n) is 6.66. The maximum atomic E-state index is 13.3.